The summed E-state index contributed by atoms with van der Waals surface area (Å²) in [5.74, 6) is 0.640. The molecule has 2 atom stereocenters. The molecule has 0 amide bonds. The molecule has 0 aliphatic heterocycles. The highest BCUT2D eigenvalue weighted by Crippen LogP contribution is 2.39. The first-order valence-electron chi connectivity index (χ1n) is 4.67. The van der Waals surface area contributed by atoms with E-state index < -0.39 is 6.10 Å². The molecule has 0 bridgehead atoms. The molecule has 0 saturated heterocycles. The van der Waals surface area contributed by atoms with Crippen LogP contribution < -0.4 is 5.73 Å². The van der Waals surface area contributed by atoms with E-state index in [-0.39, 0.29) is 6.04 Å². The van der Waals surface area contributed by atoms with E-state index in [2.05, 4.69) is 10.2 Å². The summed E-state index contributed by atoms with van der Waals surface area (Å²) in [5, 5.41) is 16.6. The standard InChI is InChI=1S/C9H15N3O/c1-5(10)9(13)8-4-7(11-12-8)6-2-3-6/h4-6,9,13H,2-3,10H2,1H3,(H,11,12). The maximum atomic E-state index is 9.61. The minimum Gasteiger partial charge on any atom is -0.385 e. The van der Waals surface area contributed by atoms with Crippen LogP contribution in [0.3, 0.4) is 0 Å². The Bertz CT molecular complexity index is 291. The molecular weight excluding hydrogens is 166 g/mol. The van der Waals surface area contributed by atoms with Gasteiger partial charge in [-0.05, 0) is 25.8 Å². The van der Waals surface area contributed by atoms with Gasteiger partial charge in [-0.25, -0.2) is 0 Å². The zero-order valence-corrected chi connectivity index (χ0v) is 7.70. The average molecular weight is 181 g/mol. The molecule has 4 nitrogen and oxygen atoms in total. The maximum Gasteiger partial charge on any atom is 0.113 e. The fraction of sp³-hybridized carbons (Fsp3) is 0.667. The molecule has 1 aromatic heterocycles. The number of rotatable bonds is 3. The second-order valence-corrected chi connectivity index (χ2v) is 3.83. The van der Waals surface area contributed by atoms with Crippen LogP contribution >= 0.6 is 0 Å². The number of nitrogens with two attached hydrogens (primary N) is 1. The third-order valence-corrected chi connectivity index (χ3v) is 2.44. The van der Waals surface area contributed by atoms with Crippen LogP contribution in [0.25, 0.3) is 0 Å². The molecule has 0 spiro atoms. The van der Waals surface area contributed by atoms with Gasteiger partial charge in [-0.2, -0.15) is 5.10 Å². The molecule has 0 radical (unpaired) electrons. The van der Waals surface area contributed by atoms with Crippen molar-refractivity contribution in [1.82, 2.24) is 10.2 Å². The predicted octanol–water partition coefficient (Wildman–Crippen LogP) is 0.668. The summed E-state index contributed by atoms with van der Waals surface area (Å²) in [6.07, 6.45) is 1.81. The lowest BCUT2D eigenvalue weighted by atomic mass is 10.1. The third kappa shape index (κ3) is 1.73. The van der Waals surface area contributed by atoms with Crippen LogP contribution in [0.4, 0.5) is 0 Å². The van der Waals surface area contributed by atoms with Crippen molar-refractivity contribution in [2.75, 3.05) is 0 Å². The predicted molar refractivity (Wildman–Crippen MR) is 49.2 cm³/mol. The topological polar surface area (TPSA) is 74.9 Å². The lowest BCUT2D eigenvalue weighted by molar-refractivity contribution is 0.148. The fourth-order valence-electron chi connectivity index (χ4n) is 1.38. The van der Waals surface area contributed by atoms with Crippen LogP contribution in [0.5, 0.6) is 0 Å². The van der Waals surface area contributed by atoms with Gasteiger partial charge in [-0.3, -0.25) is 5.10 Å². The number of nitrogens with one attached hydrogen (secondary N) is 1. The molecule has 1 aliphatic carbocycles. The smallest absolute Gasteiger partial charge is 0.113 e. The van der Waals surface area contributed by atoms with Crippen LogP contribution in [0.2, 0.25) is 0 Å². The summed E-state index contributed by atoms with van der Waals surface area (Å²) in [5.41, 5.74) is 7.36. The lowest BCUT2D eigenvalue weighted by Gasteiger charge is -2.10. The summed E-state index contributed by atoms with van der Waals surface area (Å²) in [6, 6.07) is 1.65. The summed E-state index contributed by atoms with van der Waals surface area (Å²) in [6.45, 7) is 1.77. The first-order chi connectivity index (χ1) is 6.18. The van der Waals surface area contributed by atoms with Gasteiger partial charge in [0.1, 0.15) is 6.10 Å². The molecule has 2 rings (SSSR count). The molecule has 4 N–H and O–H groups in total. The highest BCUT2D eigenvalue weighted by molar-refractivity contribution is 5.19. The SMILES string of the molecule is CC(N)C(O)c1cc(C2CC2)[nH]n1. The van der Waals surface area contributed by atoms with Crippen molar-refractivity contribution in [3.8, 4) is 0 Å². The van der Waals surface area contributed by atoms with Gasteiger partial charge in [0.2, 0.25) is 0 Å². The largest absolute Gasteiger partial charge is 0.385 e. The second kappa shape index (κ2) is 3.12. The summed E-state index contributed by atoms with van der Waals surface area (Å²) < 4.78 is 0. The third-order valence-electron chi connectivity index (χ3n) is 2.44. The molecule has 1 fully saturated rings. The fourth-order valence-corrected chi connectivity index (χ4v) is 1.38. The zero-order chi connectivity index (χ0) is 9.42. The minimum atomic E-state index is -0.649. The van der Waals surface area contributed by atoms with Gasteiger partial charge in [0, 0.05) is 17.7 Å². The minimum absolute atomic E-state index is 0.268. The Morgan fingerprint density at radius 1 is 1.69 bits per heavy atom. The van der Waals surface area contributed by atoms with Crippen LogP contribution in [0.1, 0.15) is 43.2 Å². The molecule has 1 saturated carbocycles. The van der Waals surface area contributed by atoms with Crippen molar-refractivity contribution in [1.29, 1.82) is 0 Å². The highest BCUT2D eigenvalue weighted by atomic mass is 16.3. The summed E-state index contributed by atoms with van der Waals surface area (Å²) in [4.78, 5) is 0. The number of hydrogen-bond acceptors (Lipinski definition) is 3. The molecule has 1 aliphatic rings. The lowest BCUT2D eigenvalue weighted by Crippen LogP contribution is -2.24. The number of nitrogens with zero attached hydrogens (tertiary/aromatic N) is 1. The van der Waals surface area contributed by atoms with E-state index >= 15 is 0 Å². The Morgan fingerprint density at radius 3 is 2.92 bits per heavy atom. The van der Waals surface area contributed by atoms with Crippen LogP contribution in [-0.2, 0) is 0 Å². The van der Waals surface area contributed by atoms with E-state index in [0.29, 0.717) is 11.6 Å². The van der Waals surface area contributed by atoms with E-state index in [1.54, 1.807) is 6.92 Å². The molecular formula is C9H15N3O. The molecule has 4 heteroatoms. The van der Waals surface area contributed by atoms with Crippen molar-refractivity contribution in [2.45, 2.75) is 37.8 Å². The van der Waals surface area contributed by atoms with Gasteiger partial charge in [0.15, 0.2) is 0 Å². The first-order valence-corrected chi connectivity index (χ1v) is 4.67. The van der Waals surface area contributed by atoms with E-state index in [1.165, 1.54) is 12.8 Å². The summed E-state index contributed by atoms with van der Waals surface area (Å²) >= 11 is 0. The van der Waals surface area contributed by atoms with Crippen LogP contribution in [-0.4, -0.2) is 21.3 Å². The van der Waals surface area contributed by atoms with Crippen LogP contribution in [0.15, 0.2) is 6.07 Å². The molecule has 72 valence electrons. The Kier molecular flexibility index (Phi) is 2.09. The maximum absolute atomic E-state index is 9.61. The quantitative estimate of drug-likeness (QED) is 0.641. The molecule has 13 heavy (non-hydrogen) atoms. The van der Waals surface area contributed by atoms with Gasteiger partial charge in [0.05, 0.1) is 5.69 Å². The Balaban J connectivity index is 2.11. The number of aromatic nitrogens is 2. The van der Waals surface area contributed by atoms with Crippen molar-refractivity contribution >= 4 is 0 Å². The first kappa shape index (κ1) is 8.72. The van der Waals surface area contributed by atoms with Crippen LogP contribution in [0, 0.1) is 0 Å². The Morgan fingerprint density at radius 2 is 2.38 bits per heavy atom. The summed E-state index contributed by atoms with van der Waals surface area (Å²) in [7, 11) is 0. The molecule has 2 unspecified atom stereocenters. The van der Waals surface area contributed by atoms with Gasteiger partial charge >= 0.3 is 0 Å². The number of aliphatic hydroxyl groups excluding tert-OH is 1. The van der Waals surface area contributed by atoms with Gasteiger partial charge in [-0.15, -0.1) is 0 Å². The van der Waals surface area contributed by atoms with E-state index in [0.717, 1.165) is 5.69 Å². The van der Waals surface area contributed by atoms with E-state index in [9.17, 15) is 5.11 Å². The number of hydrogen-bond donors (Lipinski definition) is 3. The van der Waals surface area contributed by atoms with Gasteiger partial charge in [-0.1, -0.05) is 0 Å². The van der Waals surface area contributed by atoms with Crippen molar-refractivity contribution < 1.29 is 5.11 Å². The zero-order valence-electron chi connectivity index (χ0n) is 7.70. The van der Waals surface area contributed by atoms with E-state index in [1.807, 2.05) is 6.07 Å². The van der Waals surface area contributed by atoms with Crippen molar-refractivity contribution in [3.63, 3.8) is 0 Å². The Labute approximate surface area is 77.1 Å². The van der Waals surface area contributed by atoms with Gasteiger partial charge < -0.3 is 10.8 Å². The van der Waals surface area contributed by atoms with E-state index in [4.69, 9.17) is 5.73 Å². The number of H-pyrrole nitrogens is 1. The highest BCUT2D eigenvalue weighted by Gasteiger charge is 2.26. The average Bonchev–Trinajstić information content (AvgIpc) is 2.83. The molecule has 1 aromatic rings. The molecule has 1 heterocycles. The molecule has 0 aromatic carbocycles. The van der Waals surface area contributed by atoms with Gasteiger partial charge in [0.25, 0.3) is 0 Å². The van der Waals surface area contributed by atoms with Crippen molar-refractivity contribution in [2.24, 2.45) is 5.73 Å². The van der Waals surface area contributed by atoms with Crippen molar-refractivity contribution in [3.05, 3.63) is 17.5 Å². The Hall–Kier alpha value is -0.870. The normalized spacial score (nSPS) is 21.5. The second-order valence-electron chi connectivity index (χ2n) is 3.83. The monoisotopic (exact) mass is 181 g/mol. The number of aliphatic hydroxyl groups is 1. The number of aromatic amines is 1.